The SMILES string of the molecule is CC(C)(C)C.CC1(C)CCCC1.CC1(C)CCCCC1.CC1(C)CCCCCC1.CCC(C)(C)CC.CC[Si](C)(C)CC.C[Si](C)(C)C.O.S.[2H]C([2H])([2H])C(C)(C)C([2H])([2H])[2H].[2H]C([2H])([2H])[Si](C)(C)C([2H])([2H])[2H]. The van der Waals surface area contributed by atoms with Gasteiger partial charge >= 0.3 is 0 Å². The van der Waals surface area contributed by atoms with Crippen LogP contribution in [0.3, 0.4) is 0 Å². The molecule has 0 aromatic rings. The van der Waals surface area contributed by atoms with Crippen molar-refractivity contribution in [2.45, 2.75) is 325 Å². The van der Waals surface area contributed by atoms with E-state index >= 15 is 0 Å². The van der Waals surface area contributed by atoms with Crippen LogP contribution in [-0.2, 0) is 0 Å². The standard InChI is InChI=1S/C9H18.C8H16.C7H14.C7H16.C6H16Si.2C5H12.2C4H12Si.H2O.H2S/c1-9(2)7-5-3-4-6-8-9;1-8(2)6-4-3-5-7-8;1-7(2)5-3-4-6-7;2*1-5-7(3,4)6-2;4*1-5(2,3)4;;/h3-8H2,1-2H3;3-7H2,1-2H3;3-6H2,1-2H3;2*5-6H2,1-4H3;4*1-4H3;2*1H2/i;;;;;1D3,2D3;;1D3,2D3;;;. The van der Waals surface area contributed by atoms with Crippen LogP contribution in [0, 0.1) is 32.5 Å². The van der Waals surface area contributed by atoms with Crippen molar-refractivity contribution in [2.75, 3.05) is 0 Å². The molecule has 0 spiro atoms. The lowest BCUT2D eigenvalue weighted by molar-refractivity contribution is 0.244. The molecule has 3 aliphatic rings. The Labute approximate surface area is 415 Å². The fourth-order valence-electron chi connectivity index (χ4n) is 5.03. The Bertz CT molecular complexity index is 1130. The minimum Gasteiger partial charge on any atom is -0.412 e. The first-order valence-corrected chi connectivity index (χ1v) is 34.8. The molecule has 0 heterocycles. The molecule has 0 atom stereocenters. The lowest BCUT2D eigenvalue weighted by Gasteiger charge is -2.28. The molecule has 0 saturated heterocycles. The number of hydrogen-bond donors (Lipinski definition) is 0. The van der Waals surface area contributed by atoms with E-state index in [-0.39, 0.29) is 19.0 Å². The fourth-order valence-corrected chi connectivity index (χ4v) is 5.53. The molecule has 0 aromatic carbocycles. The molecule has 0 bridgehead atoms. The van der Waals surface area contributed by atoms with Crippen LogP contribution in [0.1, 0.15) is 264 Å². The maximum Gasteiger partial charge on any atom is 0.0468 e. The Morgan fingerprint density at radius 1 is 0.417 bits per heavy atom. The van der Waals surface area contributed by atoms with Crippen LogP contribution in [0.15, 0.2) is 0 Å². The van der Waals surface area contributed by atoms with Crippen LogP contribution >= 0.6 is 13.5 Å². The Morgan fingerprint density at radius 3 is 0.700 bits per heavy atom. The topological polar surface area (TPSA) is 31.5 Å². The van der Waals surface area contributed by atoms with Crippen molar-refractivity contribution in [3.63, 3.8) is 0 Å². The zero-order valence-electron chi connectivity index (χ0n) is 58.9. The highest BCUT2D eigenvalue weighted by atomic mass is 32.1. The summed E-state index contributed by atoms with van der Waals surface area (Å²) in [7, 11) is -4.37. The van der Waals surface area contributed by atoms with Crippen LogP contribution in [0.25, 0.3) is 0 Å². The molecule has 376 valence electrons. The molecule has 0 unspecified atom stereocenters. The Morgan fingerprint density at radius 2 is 0.617 bits per heavy atom. The van der Waals surface area contributed by atoms with Gasteiger partial charge < -0.3 is 5.48 Å². The van der Waals surface area contributed by atoms with Gasteiger partial charge in [-0.2, -0.15) is 13.5 Å². The average molecular weight is 938 g/mol. The van der Waals surface area contributed by atoms with E-state index in [0.29, 0.717) is 27.1 Å². The summed E-state index contributed by atoms with van der Waals surface area (Å²) in [5.41, 5.74) is 1.49. The molecule has 5 heteroatoms. The maximum atomic E-state index is 7.03. The normalized spacial score (nSPS) is 21.7. The molecule has 2 N–H and O–H groups in total. The lowest BCUT2D eigenvalue weighted by Crippen LogP contribution is -2.21. The third-order valence-corrected chi connectivity index (χ3v) is 14.3. The van der Waals surface area contributed by atoms with Crippen LogP contribution in [-0.4, -0.2) is 29.7 Å². The van der Waals surface area contributed by atoms with Gasteiger partial charge in [0.05, 0.1) is 0 Å². The summed E-state index contributed by atoms with van der Waals surface area (Å²) in [5.74, 6) is 0. The third-order valence-electron chi connectivity index (χ3n) is 10.4. The summed E-state index contributed by atoms with van der Waals surface area (Å²) in [6.45, 7) is 46.6. The van der Waals surface area contributed by atoms with Crippen molar-refractivity contribution < 1.29 is 21.9 Å². The molecular weight excluding hydrogens is 793 g/mol. The molecule has 1 nitrogen and oxygen atoms in total. The van der Waals surface area contributed by atoms with E-state index in [9.17, 15) is 0 Å². The summed E-state index contributed by atoms with van der Waals surface area (Å²) in [4.78, 5) is 0. The Kier molecular flexibility index (Phi) is 33.0. The highest BCUT2D eigenvalue weighted by Gasteiger charge is 2.22. The smallest absolute Gasteiger partial charge is 0.0468 e. The summed E-state index contributed by atoms with van der Waals surface area (Å²) in [5, 5.41) is 0. The van der Waals surface area contributed by atoms with Crippen molar-refractivity contribution in [1.29, 1.82) is 0 Å². The lowest BCUT2D eigenvalue weighted by atomic mass is 9.78. The van der Waals surface area contributed by atoms with Gasteiger partial charge in [-0.15, -0.1) is 0 Å². The zero-order valence-corrected chi connectivity index (χ0v) is 50.9. The number of rotatable bonds is 4. The van der Waals surface area contributed by atoms with E-state index < -0.39 is 56.3 Å². The first kappa shape index (κ1) is 51.9. The summed E-state index contributed by atoms with van der Waals surface area (Å²) < 4.78 is 83.9. The molecule has 3 aliphatic carbocycles. The van der Waals surface area contributed by atoms with Crippen molar-refractivity contribution in [1.82, 2.24) is 0 Å². The van der Waals surface area contributed by atoms with E-state index in [1.807, 2.05) is 0 Å². The van der Waals surface area contributed by atoms with Crippen LogP contribution in [0.5, 0.6) is 0 Å². The van der Waals surface area contributed by atoms with Gasteiger partial charge in [0.1, 0.15) is 0 Å². The highest BCUT2D eigenvalue weighted by molar-refractivity contribution is 7.59. The molecule has 0 aliphatic heterocycles. The van der Waals surface area contributed by atoms with Crippen LogP contribution < -0.4 is 0 Å². The Balaban J connectivity index is -0.000000107. The maximum absolute atomic E-state index is 7.03. The zero-order chi connectivity index (χ0) is 57.9. The molecule has 60 heavy (non-hydrogen) atoms. The molecular formula is C55H132OSSi3. The molecule has 0 amide bonds. The van der Waals surface area contributed by atoms with E-state index in [1.54, 1.807) is 0 Å². The largest absolute Gasteiger partial charge is 0.412 e. The van der Waals surface area contributed by atoms with E-state index in [2.05, 4.69) is 150 Å². The highest BCUT2D eigenvalue weighted by Crippen LogP contribution is 2.36. The second-order valence-electron chi connectivity index (χ2n) is 26.2. The number of hydrogen-bond acceptors (Lipinski definition) is 0. The quantitative estimate of drug-likeness (QED) is 0.199. The van der Waals surface area contributed by atoms with Crippen LogP contribution in [0.4, 0.5) is 0 Å². The van der Waals surface area contributed by atoms with Gasteiger partial charge in [0.25, 0.3) is 0 Å². The van der Waals surface area contributed by atoms with Crippen molar-refractivity contribution in [2.24, 2.45) is 32.5 Å². The van der Waals surface area contributed by atoms with E-state index in [0.717, 1.165) is 0 Å². The van der Waals surface area contributed by atoms with E-state index in [4.69, 9.17) is 16.4 Å². The Hall–Kier alpha value is 0.961. The van der Waals surface area contributed by atoms with Crippen molar-refractivity contribution in [3.8, 4) is 0 Å². The summed E-state index contributed by atoms with van der Waals surface area (Å²) in [6.07, 6.45) is 24.5. The average Bonchev–Trinajstić information content (AvgIpc) is 3.43. The van der Waals surface area contributed by atoms with E-state index in [1.165, 1.54) is 148 Å². The minimum absolute atomic E-state index is 0. The molecule has 3 saturated carbocycles. The molecule has 3 fully saturated rings. The summed E-state index contributed by atoms with van der Waals surface area (Å²) >= 11 is 0. The predicted molar refractivity (Wildman–Crippen MR) is 306 cm³/mol. The second kappa shape index (κ2) is 38.1. The first-order chi connectivity index (χ1) is 30.4. The van der Waals surface area contributed by atoms with Crippen LogP contribution in [0.2, 0.25) is 77.4 Å². The minimum atomic E-state index is -3.11. The fraction of sp³-hybridized carbons (Fsp3) is 1.00. The second-order valence-corrected chi connectivity index (χ2v) is 41.2. The third kappa shape index (κ3) is 107. The molecule has 3 rings (SSSR count). The van der Waals surface area contributed by atoms with Gasteiger partial charge in [-0.1, -0.05) is 286 Å². The van der Waals surface area contributed by atoms with Crippen molar-refractivity contribution in [3.05, 3.63) is 0 Å². The van der Waals surface area contributed by atoms with Gasteiger partial charge in [0, 0.05) is 40.7 Å². The van der Waals surface area contributed by atoms with Crippen molar-refractivity contribution >= 4 is 37.7 Å². The molecule has 0 radical (unpaired) electrons. The monoisotopic (exact) mass is 937 g/mol. The summed E-state index contributed by atoms with van der Waals surface area (Å²) in [6, 6.07) is 2.87. The van der Waals surface area contributed by atoms with Gasteiger partial charge in [-0.25, -0.2) is 0 Å². The predicted octanol–water partition coefficient (Wildman–Crippen LogP) is 21.8. The first-order valence-electron chi connectivity index (χ1n) is 30.4. The van der Waals surface area contributed by atoms with Gasteiger partial charge in [-0.3, -0.25) is 0 Å². The van der Waals surface area contributed by atoms with Gasteiger partial charge in [0.15, 0.2) is 0 Å². The van der Waals surface area contributed by atoms with Gasteiger partial charge in [-0.05, 0) is 71.0 Å². The molecule has 0 aromatic heterocycles. The van der Waals surface area contributed by atoms with Gasteiger partial charge in [0.2, 0.25) is 0 Å².